The van der Waals surface area contributed by atoms with Crippen molar-refractivity contribution in [1.29, 1.82) is 5.26 Å². The van der Waals surface area contributed by atoms with E-state index in [1.54, 1.807) is 11.0 Å². The third-order valence-corrected chi connectivity index (χ3v) is 16.0. The molecule has 356 valence electrons. The lowest BCUT2D eigenvalue weighted by atomic mass is 9.72. The molecule has 0 bridgehead atoms. The largest absolute Gasteiger partial charge is 0.453 e. The molecule has 0 aliphatic carbocycles. The number of carbonyl (C=O) groups excluding carboxylic acids is 3. The van der Waals surface area contributed by atoms with Gasteiger partial charge in [0.2, 0.25) is 11.8 Å². The molecule has 2 atom stereocenters. The van der Waals surface area contributed by atoms with E-state index in [1.165, 1.54) is 29.1 Å². The summed E-state index contributed by atoms with van der Waals surface area (Å²) in [6.07, 6.45) is 2.89. The molecule has 6 aliphatic rings. The number of rotatable bonds is 11. The Morgan fingerprint density at radius 2 is 1.62 bits per heavy atom. The highest BCUT2D eigenvalue weighted by Crippen LogP contribution is 2.44. The summed E-state index contributed by atoms with van der Waals surface area (Å²) in [6, 6.07) is 21.3. The third kappa shape index (κ3) is 8.31. The van der Waals surface area contributed by atoms with Gasteiger partial charge >= 0.3 is 10.2 Å². The Kier molecular flexibility index (Phi) is 11.1. The molecule has 17 nitrogen and oxygen atoms in total. The highest BCUT2D eigenvalue weighted by Gasteiger charge is 2.52. The number of anilines is 3. The number of piperidine rings is 2. The Labute approximate surface area is 396 Å². The zero-order chi connectivity index (χ0) is 47.8. The van der Waals surface area contributed by atoms with Crippen LogP contribution in [0.5, 0.6) is 11.5 Å². The second-order valence-electron chi connectivity index (χ2n) is 19.2. The van der Waals surface area contributed by atoms with E-state index < -0.39 is 51.0 Å². The number of nitriles is 1. The molecule has 7 heterocycles. The number of amides is 3. The number of alkyl halides is 1. The topological polar surface area (TPSA) is 194 Å². The molecule has 5 saturated heterocycles. The molecular formula is C49H48F2N10O7S. The smallest absolute Gasteiger partial charge is 0.301 e. The van der Waals surface area contributed by atoms with Crippen LogP contribution in [0.25, 0.3) is 16.6 Å². The molecule has 4 aromatic carbocycles. The second kappa shape index (κ2) is 17.2. The van der Waals surface area contributed by atoms with Crippen molar-refractivity contribution in [2.24, 2.45) is 11.3 Å². The molecule has 0 saturated carbocycles. The standard InChI is InChI=1S/C49H48F2N10O7S/c50-32-15-18-59(24-32)69(66,67)55-42-10-8-40(51)45(39(42)21-52)68-36-6-9-41-38(20-36)48(65)61(29-53-41)34-3-1-33(2-4-34)57-16-13-30(14-17-57)22-56-25-49(26-56)27-58(28-49)35-5-7-37-31(19-35)23-60(47(37)64)43-11-12-44(62)54-46(43)63/h1-10,19-20,29-30,32,43,55H,11-18,22-28H2,(H,54,62,63)/t32-,43?/m1/s1. The molecule has 6 aliphatic heterocycles. The minimum Gasteiger partial charge on any atom is -0.453 e. The monoisotopic (exact) mass is 958 g/mol. The van der Waals surface area contributed by atoms with Gasteiger partial charge in [0.05, 0.1) is 22.3 Å². The van der Waals surface area contributed by atoms with Crippen molar-refractivity contribution in [2.75, 3.05) is 73.4 Å². The van der Waals surface area contributed by atoms with Crippen LogP contribution in [-0.4, -0.2) is 121 Å². The van der Waals surface area contributed by atoms with E-state index in [2.05, 4.69) is 35.8 Å². The Morgan fingerprint density at radius 3 is 2.35 bits per heavy atom. The first-order valence-electron chi connectivity index (χ1n) is 23.2. The lowest BCUT2D eigenvalue weighted by Gasteiger charge is -2.61. The number of imide groups is 1. The van der Waals surface area contributed by atoms with E-state index in [4.69, 9.17) is 4.74 Å². The van der Waals surface area contributed by atoms with Crippen molar-refractivity contribution >= 4 is 55.9 Å². The Balaban J connectivity index is 0.674. The normalized spacial score (nSPS) is 21.8. The maximum atomic E-state index is 15.2. The van der Waals surface area contributed by atoms with E-state index in [9.17, 15) is 37.2 Å². The van der Waals surface area contributed by atoms with Crippen LogP contribution in [0.4, 0.5) is 25.8 Å². The van der Waals surface area contributed by atoms with Crippen LogP contribution in [0.2, 0.25) is 0 Å². The zero-order valence-corrected chi connectivity index (χ0v) is 38.3. The average Bonchev–Trinajstić information content (AvgIpc) is 3.91. The van der Waals surface area contributed by atoms with Gasteiger partial charge < -0.3 is 24.3 Å². The summed E-state index contributed by atoms with van der Waals surface area (Å²) in [5, 5.41) is 12.5. The van der Waals surface area contributed by atoms with Crippen LogP contribution in [0.1, 0.15) is 53.6 Å². The van der Waals surface area contributed by atoms with E-state index in [0.29, 0.717) is 35.7 Å². The van der Waals surface area contributed by atoms with Gasteiger partial charge in [-0.15, -0.1) is 0 Å². The molecule has 1 aromatic heterocycles. The Bertz CT molecular complexity index is 3140. The van der Waals surface area contributed by atoms with Crippen LogP contribution in [0, 0.1) is 28.5 Å². The van der Waals surface area contributed by atoms with Gasteiger partial charge in [-0.1, -0.05) is 0 Å². The summed E-state index contributed by atoms with van der Waals surface area (Å²) >= 11 is 0. The van der Waals surface area contributed by atoms with Crippen molar-refractivity contribution in [1.82, 2.24) is 29.0 Å². The number of halogens is 2. The molecule has 5 aromatic rings. The summed E-state index contributed by atoms with van der Waals surface area (Å²) < 4.78 is 65.2. The van der Waals surface area contributed by atoms with Gasteiger partial charge in [-0.2, -0.15) is 18.0 Å². The van der Waals surface area contributed by atoms with Gasteiger partial charge in [-0.05, 0) is 110 Å². The first kappa shape index (κ1) is 44.5. The van der Waals surface area contributed by atoms with Crippen molar-refractivity contribution in [2.45, 2.75) is 50.9 Å². The molecular weight excluding hydrogens is 911 g/mol. The van der Waals surface area contributed by atoms with Crippen molar-refractivity contribution in [3.05, 3.63) is 112 Å². The minimum absolute atomic E-state index is 0.0199. The van der Waals surface area contributed by atoms with Crippen molar-refractivity contribution in [3.8, 4) is 23.3 Å². The summed E-state index contributed by atoms with van der Waals surface area (Å²) in [7, 11) is -4.24. The van der Waals surface area contributed by atoms with Crippen molar-refractivity contribution in [3.63, 3.8) is 0 Å². The summed E-state index contributed by atoms with van der Waals surface area (Å²) in [5.74, 6) is -1.71. The number of hydrogen-bond acceptors (Lipinski definition) is 12. The molecule has 1 spiro atoms. The van der Waals surface area contributed by atoms with Gasteiger partial charge in [0.15, 0.2) is 11.6 Å². The first-order valence-corrected chi connectivity index (χ1v) is 24.6. The number of benzene rings is 4. The highest BCUT2D eigenvalue weighted by molar-refractivity contribution is 7.90. The predicted molar refractivity (Wildman–Crippen MR) is 251 cm³/mol. The highest BCUT2D eigenvalue weighted by atomic mass is 32.2. The van der Waals surface area contributed by atoms with E-state index >= 15 is 4.39 Å². The van der Waals surface area contributed by atoms with Crippen LogP contribution >= 0.6 is 0 Å². The van der Waals surface area contributed by atoms with Gasteiger partial charge in [0, 0.05) is 94.2 Å². The number of likely N-dealkylation sites (tertiary alicyclic amines) is 1. The van der Waals surface area contributed by atoms with E-state index in [0.717, 1.165) is 92.0 Å². The number of nitrogens with one attached hydrogen (secondary N) is 2. The lowest BCUT2D eigenvalue weighted by molar-refractivity contribution is -0.136. The number of carbonyl (C=O) groups is 3. The quantitative estimate of drug-likeness (QED) is 0.174. The number of hydrogen-bond donors (Lipinski definition) is 2. The van der Waals surface area contributed by atoms with Crippen LogP contribution in [-0.2, 0) is 26.3 Å². The van der Waals surface area contributed by atoms with Gasteiger partial charge in [0.25, 0.3) is 11.5 Å². The fourth-order valence-corrected chi connectivity index (χ4v) is 12.2. The molecule has 3 amide bonds. The van der Waals surface area contributed by atoms with Crippen LogP contribution in [0.3, 0.4) is 0 Å². The first-order chi connectivity index (χ1) is 33.2. The van der Waals surface area contributed by atoms with E-state index in [-0.39, 0.29) is 60.0 Å². The van der Waals surface area contributed by atoms with Gasteiger partial charge in [0.1, 0.15) is 35.9 Å². The van der Waals surface area contributed by atoms with Gasteiger partial charge in [-0.25, -0.2) is 13.8 Å². The molecule has 69 heavy (non-hydrogen) atoms. The molecule has 1 unspecified atom stereocenters. The zero-order valence-electron chi connectivity index (χ0n) is 37.4. The molecule has 11 rings (SSSR count). The number of fused-ring (bicyclic) bond motifs is 2. The fraction of sp³-hybridized carbons (Fsp3) is 0.388. The van der Waals surface area contributed by atoms with E-state index in [1.807, 2.05) is 36.4 Å². The number of nitrogens with zero attached hydrogens (tertiary/aromatic N) is 8. The average molecular weight is 959 g/mol. The van der Waals surface area contributed by atoms with Crippen LogP contribution in [0.15, 0.2) is 83.9 Å². The molecule has 5 fully saturated rings. The molecule has 0 radical (unpaired) electrons. The fourth-order valence-electron chi connectivity index (χ4n) is 10.9. The van der Waals surface area contributed by atoms with Gasteiger partial charge in [-0.3, -0.25) is 33.8 Å². The Hall–Kier alpha value is -6.95. The summed E-state index contributed by atoms with van der Waals surface area (Å²) in [6.45, 7) is 6.99. The number of ether oxygens (including phenoxy) is 1. The third-order valence-electron chi connectivity index (χ3n) is 14.5. The second-order valence-corrected chi connectivity index (χ2v) is 20.8. The molecule has 20 heteroatoms. The maximum absolute atomic E-state index is 15.2. The Morgan fingerprint density at radius 1 is 0.870 bits per heavy atom. The van der Waals surface area contributed by atoms with Crippen molar-refractivity contribution < 1.29 is 36.3 Å². The maximum Gasteiger partial charge on any atom is 0.301 e. The lowest BCUT2D eigenvalue weighted by Crippen LogP contribution is -2.72. The number of aromatic nitrogens is 2. The SMILES string of the molecule is N#Cc1c(NS(=O)(=O)N2CC[C@@H](F)C2)ccc(F)c1Oc1ccc2ncn(-c3ccc(N4CCC(CN5CC6(C5)CN(c5ccc7c(c5)CN(C5CCC(=O)NC5=O)C7=O)C6)CC4)cc3)c(=O)c2c1. The van der Waals surface area contributed by atoms with Crippen LogP contribution < -0.4 is 30.1 Å². The summed E-state index contributed by atoms with van der Waals surface area (Å²) in [5.41, 5.74) is 3.88. The predicted octanol–water partition coefficient (Wildman–Crippen LogP) is 4.69. The summed E-state index contributed by atoms with van der Waals surface area (Å²) in [4.78, 5) is 64.5. The molecule has 2 N–H and O–H groups in total. The minimum atomic E-state index is -4.24.